The molecule has 0 saturated carbocycles. The number of ketones is 1. The van der Waals surface area contributed by atoms with Gasteiger partial charge in [-0.2, -0.15) is 13.2 Å². The zero-order valence-electron chi connectivity index (χ0n) is 13.9. The lowest BCUT2D eigenvalue weighted by Crippen LogP contribution is -2.28. The van der Waals surface area contributed by atoms with E-state index in [1.54, 1.807) is 61.5 Å². The number of hydrogen-bond acceptors (Lipinski definition) is 3. The number of hydrogen-bond donors (Lipinski definition) is 0. The van der Waals surface area contributed by atoms with E-state index in [0.29, 0.717) is 17.7 Å². The second-order valence-corrected chi connectivity index (χ2v) is 6.71. The van der Waals surface area contributed by atoms with Crippen molar-refractivity contribution in [1.82, 2.24) is 0 Å². The summed E-state index contributed by atoms with van der Waals surface area (Å²) in [5, 5.41) is -1.25. The van der Waals surface area contributed by atoms with Crippen LogP contribution in [0.1, 0.15) is 35.2 Å². The maximum atomic E-state index is 13.1. The molecule has 134 valence electrons. The molecular formula is C19H19F3O2S. The maximum Gasteiger partial charge on any atom is 0.442 e. The number of carbonyl (C=O) groups is 1. The highest BCUT2D eigenvalue weighted by atomic mass is 32.2. The summed E-state index contributed by atoms with van der Waals surface area (Å²) in [4.78, 5) is 12.8. The summed E-state index contributed by atoms with van der Waals surface area (Å²) in [6.07, 6.45) is 0.402. The van der Waals surface area contributed by atoms with E-state index >= 15 is 0 Å². The van der Waals surface area contributed by atoms with Crippen molar-refractivity contribution in [3.63, 3.8) is 0 Å². The number of carbonyl (C=O) groups excluding carboxylic acids is 1. The number of alkyl halides is 3. The first kappa shape index (κ1) is 19.4. The molecule has 0 unspecified atom stereocenters. The standard InChI is InChI=1S/C19H19F3O2S/c1-3-16(14-10-7-11-15(12-14)24-2)18(25-19(20,21)22)17(23)13-8-5-4-6-9-13/h4-12,16,18H,3H2,1-2H3/t16-,18+/m1/s1. The van der Waals surface area contributed by atoms with E-state index in [0.717, 1.165) is 0 Å². The molecule has 0 aliphatic heterocycles. The predicted octanol–water partition coefficient (Wildman–Crippen LogP) is 5.69. The average Bonchev–Trinajstić information content (AvgIpc) is 2.61. The van der Waals surface area contributed by atoms with E-state index in [1.165, 1.54) is 7.11 Å². The van der Waals surface area contributed by atoms with Crippen LogP contribution in [-0.4, -0.2) is 23.7 Å². The van der Waals surface area contributed by atoms with Gasteiger partial charge in [0.15, 0.2) is 5.78 Å². The average molecular weight is 368 g/mol. The van der Waals surface area contributed by atoms with Crippen molar-refractivity contribution in [1.29, 1.82) is 0 Å². The second kappa shape index (κ2) is 8.43. The number of ether oxygens (including phenoxy) is 1. The Morgan fingerprint density at radius 2 is 1.80 bits per heavy atom. The molecule has 0 amide bonds. The summed E-state index contributed by atoms with van der Waals surface area (Å²) < 4.78 is 44.5. The van der Waals surface area contributed by atoms with Gasteiger partial charge in [0, 0.05) is 11.5 Å². The topological polar surface area (TPSA) is 26.3 Å². The smallest absolute Gasteiger partial charge is 0.442 e. The summed E-state index contributed by atoms with van der Waals surface area (Å²) in [6.45, 7) is 1.78. The fraction of sp³-hybridized carbons (Fsp3) is 0.316. The molecule has 0 aromatic heterocycles. The minimum Gasteiger partial charge on any atom is -0.497 e. The third kappa shape index (κ3) is 5.26. The van der Waals surface area contributed by atoms with Crippen LogP contribution in [0, 0.1) is 0 Å². The molecule has 2 rings (SSSR count). The van der Waals surface area contributed by atoms with E-state index in [2.05, 4.69) is 0 Å². The highest BCUT2D eigenvalue weighted by molar-refractivity contribution is 8.01. The van der Waals surface area contributed by atoms with Crippen LogP contribution in [0.3, 0.4) is 0 Å². The van der Waals surface area contributed by atoms with Crippen LogP contribution in [-0.2, 0) is 0 Å². The first-order chi connectivity index (χ1) is 11.9. The van der Waals surface area contributed by atoms with Gasteiger partial charge in [0.2, 0.25) is 0 Å². The van der Waals surface area contributed by atoms with E-state index < -0.39 is 22.5 Å². The normalized spacial score (nSPS) is 14.0. The minimum atomic E-state index is -4.50. The number of halogens is 3. The zero-order chi connectivity index (χ0) is 18.4. The van der Waals surface area contributed by atoms with Crippen LogP contribution >= 0.6 is 11.8 Å². The van der Waals surface area contributed by atoms with Gasteiger partial charge in [-0.1, -0.05) is 49.4 Å². The maximum absolute atomic E-state index is 13.1. The summed E-state index contributed by atoms with van der Waals surface area (Å²) in [7, 11) is 1.50. The van der Waals surface area contributed by atoms with Crippen LogP contribution < -0.4 is 4.74 Å². The van der Waals surface area contributed by atoms with Gasteiger partial charge in [0.1, 0.15) is 5.75 Å². The van der Waals surface area contributed by atoms with Crippen molar-refractivity contribution < 1.29 is 22.7 Å². The van der Waals surface area contributed by atoms with Crippen LogP contribution in [0.2, 0.25) is 0 Å². The molecule has 0 N–H and O–H groups in total. The molecule has 0 radical (unpaired) electrons. The Morgan fingerprint density at radius 3 is 2.36 bits per heavy atom. The van der Waals surface area contributed by atoms with Crippen molar-refractivity contribution in [3.8, 4) is 5.75 Å². The van der Waals surface area contributed by atoms with Crippen molar-refractivity contribution >= 4 is 17.5 Å². The summed E-state index contributed by atoms with van der Waals surface area (Å²) >= 11 is -0.245. The molecule has 0 spiro atoms. The SMILES string of the molecule is CC[C@H](c1cccc(OC)c1)[C@H](SC(F)(F)F)C(=O)c1ccccc1. The predicted molar refractivity (Wildman–Crippen MR) is 94.2 cm³/mol. The van der Waals surface area contributed by atoms with Gasteiger partial charge < -0.3 is 4.74 Å². The molecule has 6 heteroatoms. The molecule has 0 aliphatic carbocycles. The molecular weight excluding hydrogens is 349 g/mol. The molecule has 0 saturated heterocycles. The van der Waals surface area contributed by atoms with E-state index in [4.69, 9.17) is 4.74 Å². The summed E-state index contributed by atoms with van der Waals surface area (Å²) in [6, 6.07) is 15.0. The Labute approximate surface area is 149 Å². The molecule has 2 nitrogen and oxygen atoms in total. The quantitative estimate of drug-likeness (QED) is 0.587. The number of methoxy groups -OCH3 is 1. The molecule has 0 bridgehead atoms. The van der Waals surface area contributed by atoms with Gasteiger partial charge in [0.25, 0.3) is 0 Å². The van der Waals surface area contributed by atoms with Gasteiger partial charge in [-0.15, -0.1) is 0 Å². The van der Waals surface area contributed by atoms with Crippen LogP contribution in [0.25, 0.3) is 0 Å². The lowest BCUT2D eigenvalue weighted by Gasteiger charge is -2.26. The Kier molecular flexibility index (Phi) is 6.53. The lowest BCUT2D eigenvalue weighted by atomic mass is 9.89. The van der Waals surface area contributed by atoms with Gasteiger partial charge in [-0.05, 0) is 35.9 Å². The van der Waals surface area contributed by atoms with Gasteiger partial charge in [-0.3, -0.25) is 4.79 Å². The van der Waals surface area contributed by atoms with Crippen LogP contribution in [0.4, 0.5) is 13.2 Å². The van der Waals surface area contributed by atoms with E-state index in [9.17, 15) is 18.0 Å². The Morgan fingerprint density at radius 1 is 1.12 bits per heavy atom. The first-order valence-electron chi connectivity index (χ1n) is 7.83. The van der Waals surface area contributed by atoms with E-state index in [-0.39, 0.29) is 17.3 Å². The molecule has 2 atom stereocenters. The van der Waals surface area contributed by atoms with Gasteiger partial charge in [0.05, 0.1) is 12.4 Å². The van der Waals surface area contributed by atoms with E-state index in [1.807, 2.05) is 0 Å². The monoisotopic (exact) mass is 368 g/mol. The van der Waals surface area contributed by atoms with Crippen molar-refractivity contribution in [3.05, 3.63) is 65.7 Å². The second-order valence-electron chi connectivity index (χ2n) is 5.51. The number of benzene rings is 2. The summed E-state index contributed by atoms with van der Waals surface area (Å²) in [5.41, 5.74) is -3.56. The molecule has 25 heavy (non-hydrogen) atoms. The molecule has 2 aromatic rings. The lowest BCUT2D eigenvalue weighted by molar-refractivity contribution is -0.0334. The third-order valence-electron chi connectivity index (χ3n) is 3.90. The first-order valence-corrected chi connectivity index (χ1v) is 8.71. The number of thioether (sulfide) groups is 1. The van der Waals surface area contributed by atoms with Crippen molar-refractivity contribution in [2.45, 2.75) is 30.0 Å². The van der Waals surface area contributed by atoms with Crippen LogP contribution in [0.15, 0.2) is 54.6 Å². The molecule has 0 aliphatic rings. The highest BCUT2D eigenvalue weighted by Gasteiger charge is 2.40. The fourth-order valence-electron chi connectivity index (χ4n) is 2.73. The Bertz CT molecular complexity index is 701. The molecule has 2 aromatic carbocycles. The highest BCUT2D eigenvalue weighted by Crippen LogP contribution is 2.43. The third-order valence-corrected chi connectivity index (χ3v) is 4.97. The minimum absolute atomic E-state index is 0.245. The fourth-order valence-corrected chi connectivity index (χ4v) is 3.77. The number of Topliss-reactive ketones (excluding diaryl/α,β-unsaturated/α-hetero) is 1. The largest absolute Gasteiger partial charge is 0.497 e. The Hall–Kier alpha value is -1.95. The van der Waals surface area contributed by atoms with Gasteiger partial charge in [-0.25, -0.2) is 0 Å². The number of rotatable bonds is 7. The molecule has 0 fully saturated rings. The Balaban J connectivity index is 2.43. The van der Waals surface area contributed by atoms with Gasteiger partial charge >= 0.3 is 5.51 Å². The van der Waals surface area contributed by atoms with Crippen molar-refractivity contribution in [2.24, 2.45) is 0 Å². The molecule has 0 heterocycles. The van der Waals surface area contributed by atoms with Crippen LogP contribution in [0.5, 0.6) is 5.75 Å². The van der Waals surface area contributed by atoms with Crippen molar-refractivity contribution in [2.75, 3.05) is 7.11 Å². The summed E-state index contributed by atoms with van der Waals surface area (Å²) in [5.74, 6) is -0.536. The zero-order valence-corrected chi connectivity index (χ0v) is 14.7.